The first-order chi connectivity index (χ1) is 4.00. The van der Waals surface area contributed by atoms with Crippen molar-refractivity contribution in [3.05, 3.63) is 0 Å². The maximum atomic E-state index is 6.88. The molecule has 0 radical (unpaired) electrons. The highest BCUT2D eigenvalue weighted by molar-refractivity contribution is 5.85. The number of hydrogen-bond acceptors (Lipinski definition) is 2. The molecule has 1 aliphatic heterocycles. The van der Waals surface area contributed by atoms with Crippen molar-refractivity contribution in [3.8, 4) is 0 Å². The molecule has 0 saturated carbocycles. The van der Waals surface area contributed by atoms with Crippen LogP contribution in [0.2, 0.25) is 0 Å². The lowest BCUT2D eigenvalue weighted by atomic mass is 10.2. The van der Waals surface area contributed by atoms with Gasteiger partial charge >= 0.3 is 0 Å². The minimum atomic E-state index is -1.92. The summed E-state index contributed by atoms with van der Waals surface area (Å²) < 4.78 is 20.6. The summed E-state index contributed by atoms with van der Waals surface area (Å²) in [5, 5.41) is 0. The number of hydrogen-bond donors (Lipinski definition) is 1. The molecule has 0 unspecified atom stereocenters. The molecule has 1 heterocycles. The van der Waals surface area contributed by atoms with Crippen LogP contribution in [0.3, 0.4) is 0 Å². The van der Waals surface area contributed by atoms with E-state index in [1.807, 2.05) is 0 Å². The average Bonchev–Trinajstić information content (AvgIpc) is 1.55. The molecule has 0 atom stereocenters. The smallest absolute Gasteiger partial charge is 0.0394 e. The van der Waals surface area contributed by atoms with Crippen molar-refractivity contribution >= 4 is 24.8 Å². The van der Waals surface area contributed by atoms with Crippen molar-refractivity contribution < 1.29 is 4.11 Å². The van der Waals surface area contributed by atoms with Crippen molar-refractivity contribution in [1.29, 1.82) is 0 Å². The highest BCUT2D eigenvalue weighted by Crippen LogP contribution is 1.98. The summed E-state index contributed by atoms with van der Waals surface area (Å²) in [7, 11) is 0. The van der Waals surface area contributed by atoms with Gasteiger partial charge in [-0.1, -0.05) is 0 Å². The number of likely N-dealkylation sites (N-methyl/N-ethyl adjacent to an activating group) is 1. The summed E-state index contributed by atoms with van der Waals surface area (Å²) >= 11 is 0. The second-order valence-electron chi connectivity index (χ2n) is 1.67. The van der Waals surface area contributed by atoms with Crippen LogP contribution in [-0.4, -0.2) is 31.0 Å². The lowest BCUT2D eigenvalue weighted by Crippen LogP contribution is -2.53. The average molecular weight is 162 g/mol. The molecule has 0 aromatic heterocycles. The number of nitrogens with two attached hydrogens (primary N) is 1. The van der Waals surface area contributed by atoms with E-state index in [-0.39, 0.29) is 30.9 Å². The standard InChI is InChI=1S/C4H10N2.2ClH/c1-6-2-4(5)3-6;;/h4H,2-3,5H2,1H3;2*1H/i1D3;;. The van der Waals surface area contributed by atoms with Crippen LogP contribution in [0.15, 0.2) is 0 Å². The summed E-state index contributed by atoms with van der Waals surface area (Å²) in [5.41, 5.74) is 5.37. The van der Waals surface area contributed by atoms with Gasteiger partial charge in [0.05, 0.1) is 0 Å². The lowest BCUT2D eigenvalue weighted by Gasteiger charge is -2.32. The van der Waals surface area contributed by atoms with Crippen LogP contribution in [0.1, 0.15) is 4.11 Å². The van der Waals surface area contributed by atoms with Crippen LogP contribution < -0.4 is 5.73 Å². The molecule has 1 fully saturated rings. The third-order valence-corrected chi connectivity index (χ3v) is 0.910. The van der Waals surface area contributed by atoms with Crippen LogP contribution in [0.25, 0.3) is 0 Å². The fourth-order valence-electron chi connectivity index (χ4n) is 0.513. The van der Waals surface area contributed by atoms with Crippen LogP contribution in [0, 0.1) is 0 Å². The van der Waals surface area contributed by atoms with Gasteiger partial charge in [-0.15, -0.1) is 24.8 Å². The van der Waals surface area contributed by atoms with Gasteiger partial charge in [0.25, 0.3) is 0 Å². The van der Waals surface area contributed by atoms with Crippen LogP contribution in [0.5, 0.6) is 0 Å². The van der Waals surface area contributed by atoms with E-state index in [0.29, 0.717) is 13.1 Å². The van der Waals surface area contributed by atoms with Gasteiger partial charge in [0.2, 0.25) is 0 Å². The number of likely N-dealkylation sites (tertiary alicyclic amines) is 1. The van der Waals surface area contributed by atoms with Gasteiger partial charge in [-0.3, -0.25) is 0 Å². The van der Waals surface area contributed by atoms with E-state index in [4.69, 9.17) is 9.85 Å². The Labute approximate surface area is 66.4 Å². The first kappa shape index (κ1) is 5.30. The zero-order valence-corrected chi connectivity index (χ0v) is 5.97. The summed E-state index contributed by atoms with van der Waals surface area (Å²) in [6, 6.07) is 0.0745. The Morgan fingerprint density at radius 2 is 2.12 bits per heavy atom. The molecule has 1 saturated heterocycles. The molecule has 2 N–H and O–H groups in total. The zero-order valence-electron chi connectivity index (χ0n) is 7.33. The molecular weight excluding hydrogens is 147 g/mol. The monoisotopic (exact) mass is 161 g/mol. The summed E-state index contributed by atoms with van der Waals surface area (Å²) in [6.07, 6.45) is 0. The molecule has 8 heavy (non-hydrogen) atoms. The van der Waals surface area contributed by atoms with E-state index in [1.165, 1.54) is 4.90 Å². The SMILES string of the molecule is Cl.Cl.[2H]C([2H])([2H])N1CC(N)C1. The maximum absolute atomic E-state index is 6.88. The van der Waals surface area contributed by atoms with E-state index in [9.17, 15) is 0 Å². The van der Waals surface area contributed by atoms with Crippen LogP contribution in [-0.2, 0) is 0 Å². The summed E-state index contributed by atoms with van der Waals surface area (Å²) in [5.74, 6) is 0. The molecule has 1 rings (SSSR count). The fraction of sp³-hybridized carbons (Fsp3) is 1.00. The molecule has 1 aliphatic rings. The number of nitrogens with zero attached hydrogens (tertiary/aromatic N) is 1. The van der Waals surface area contributed by atoms with Gasteiger partial charge in [0, 0.05) is 23.2 Å². The van der Waals surface area contributed by atoms with E-state index >= 15 is 0 Å². The predicted octanol–water partition coefficient (Wildman–Crippen LogP) is 0.103. The summed E-state index contributed by atoms with van der Waals surface area (Å²) in [6.45, 7) is -0.900. The quantitative estimate of drug-likeness (QED) is 0.547. The molecule has 52 valence electrons. The Hall–Kier alpha value is 0.500. The minimum absolute atomic E-state index is 0. The second kappa shape index (κ2) is 4.39. The lowest BCUT2D eigenvalue weighted by molar-refractivity contribution is 0.192. The van der Waals surface area contributed by atoms with Gasteiger partial charge in [0.15, 0.2) is 0 Å². The first-order valence-electron chi connectivity index (χ1n) is 3.51. The van der Waals surface area contributed by atoms with Crippen LogP contribution in [0.4, 0.5) is 0 Å². The molecule has 2 nitrogen and oxygen atoms in total. The van der Waals surface area contributed by atoms with Crippen molar-refractivity contribution in [1.82, 2.24) is 4.90 Å². The Morgan fingerprint density at radius 3 is 2.25 bits per heavy atom. The highest BCUT2D eigenvalue weighted by atomic mass is 35.5. The van der Waals surface area contributed by atoms with Crippen molar-refractivity contribution in [2.75, 3.05) is 20.1 Å². The highest BCUT2D eigenvalue weighted by Gasteiger charge is 2.17. The first-order valence-corrected chi connectivity index (χ1v) is 2.01. The van der Waals surface area contributed by atoms with E-state index in [0.717, 1.165) is 0 Å². The predicted molar refractivity (Wildman–Crippen MR) is 40.0 cm³/mol. The molecule has 0 spiro atoms. The number of halogens is 2. The third-order valence-electron chi connectivity index (χ3n) is 0.910. The minimum Gasteiger partial charge on any atom is -0.325 e. The number of rotatable bonds is 0. The van der Waals surface area contributed by atoms with Crippen molar-refractivity contribution in [2.45, 2.75) is 6.04 Å². The molecule has 0 aliphatic carbocycles. The second-order valence-corrected chi connectivity index (χ2v) is 1.67. The molecule has 4 heteroatoms. The van der Waals surface area contributed by atoms with Crippen molar-refractivity contribution in [3.63, 3.8) is 0 Å². The van der Waals surface area contributed by atoms with Crippen molar-refractivity contribution in [2.24, 2.45) is 5.73 Å². The van der Waals surface area contributed by atoms with Gasteiger partial charge < -0.3 is 10.6 Å². The third kappa shape index (κ3) is 2.72. The Morgan fingerprint density at radius 1 is 1.62 bits per heavy atom. The Balaban J connectivity index is 0. The molecule has 0 aromatic rings. The van der Waals surface area contributed by atoms with E-state index in [1.54, 1.807) is 0 Å². The summed E-state index contributed by atoms with van der Waals surface area (Å²) in [4.78, 5) is 1.39. The normalized spacial score (nSPS) is 27.4. The largest absolute Gasteiger partial charge is 0.325 e. The van der Waals surface area contributed by atoms with Gasteiger partial charge in [-0.05, 0) is 6.98 Å². The molecule has 0 amide bonds. The zero-order chi connectivity index (χ0) is 7.07. The van der Waals surface area contributed by atoms with Crippen LogP contribution >= 0.6 is 24.8 Å². The van der Waals surface area contributed by atoms with Gasteiger partial charge in [-0.25, -0.2) is 0 Å². The van der Waals surface area contributed by atoms with Gasteiger partial charge in [-0.2, -0.15) is 0 Å². The Bertz CT molecular complexity index is 112. The Kier molecular flexibility index (Phi) is 2.90. The van der Waals surface area contributed by atoms with Gasteiger partial charge in [0.1, 0.15) is 0 Å². The molecular formula is C4H12Cl2N2. The van der Waals surface area contributed by atoms with E-state index in [2.05, 4.69) is 0 Å². The topological polar surface area (TPSA) is 29.3 Å². The fourth-order valence-corrected chi connectivity index (χ4v) is 0.513. The molecule has 0 bridgehead atoms. The molecule has 0 aromatic carbocycles. The van der Waals surface area contributed by atoms with E-state index < -0.39 is 6.98 Å². The maximum Gasteiger partial charge on any atom is 0.0394 e.